The van der Waals surface area contributed by atoms with E-state index in [1.807, 2.05) is 73.5 Å². The van der Waals surface area contributed by atoms with Crippen LogP contribution in [0.5, 0.6) is 17.4 Å². The summed E-state index contributed by atoms with van der Waals surface area (Å²) in [4.78, 5) is 15.0. The zero-order valence-electron chi connectivity index (χ0n) is 20.7. The summed E-state index contributed by atoms with van der Waals surface area (Å²) in [6.07, 6.45) is 2.87. The van der Waals surface area contributed by atoms with Crippen LogP contribution < -0.4 is 14.8 Å². The molecule has 1 aromatic heterocycles. The van der Waals surface area contributed by atoms with E-state index in [-0.39, 0.29) is 12.1 Å². The zero-order valence-corrected chi connectivity index (χ0v) is 20.7. The van der Waals surface area contributed by atoms with Gasteiger partial charge in [-0.05, 0) is 43.5 Å². The van der Waals surface area contributed by atoms with Crippen LogP contribution in [0.15, 0.2) is 54.6 Å². The largest absolute Gasteiger partial charge is 0.497 e. The molecule has 0 unspecified atom stereocenters. The van der Waals surface area contributed by atoms with Gasteiger partial charge in [-0.15, -0.1) is 0 Å². The van der Waals surface area contributed by atoms with E-state index >= 15 is 0 Å². The highest BCUT2D eigenvalue weighted by Crippen LogP contribution is 2.35. The number of hydrogen-bond donors (Lipinski definition) is 1. The van der Waals surface area contributed by atoms with E-state index in [0.717, 1.165) is 48.4 Å². The van der Waals surface area contributed by atoms with Crippen molar-refractivity contribution in [3.8, 4) is 28.6 Å². The quantitative estimate of drug-likeness (QED) is 0.444. The number of amides is 2. The summed E-state index contributed by atoms with van der Waals surface area (Å²) >= 11 is 0. The summed E-state index contributed by atoms with van der Waals surface area (Å²) in [5, 5.41) is 7.82. The maximum Gasteiger partial charge on any atom is 0.317 e. The molecule has 186 valence electrons. The van der Waals surface area contributed by atoms with Crippen molar-refractivity contribution in [2.75, 3.05) is 26.8 Å². The maximum absolute atomic E-state index is 13.2. The number of urea groups is 1. The van der Waals surface area contributed by atoms with Crippen molar-refractivity contribution in [3.63, 3.8) is 0 Å². The minimum atomic E-state index is -0.111. The highest BCUT2D eigenvalue weighted by Gasteiger charge is 2.27. The number of carbonyl (C=O) groups excluding carboxylic acids is 1. The van der Waals surface area contributed by atoms with E-state index in [1.54, 1.807) is 11.8 Å². The maximum atomic E-state index is 13.2. The van der Waals surface area contributed by atoms with Crippen LogP contribution in [0.25, 0.3) is 11.3 Å². The number of methoxy groups -OCH3 is 1. The van der Waals surface area contributed by atoms with Crippen LogP contribution in [0.4, 0.5) is 4.79 Å². The van der Waals surface area contributed by atoms with Gasteiger partial charge in [0.05, 0.1) is 25.3 Å². The first-order chi connectivity index (χ1) is 17.1. The number of aromatic nitrogens is 2. The summed E-state index contributed by atoms with van der Waals surface area (Å²) in [7, 11) is 3.49. The lowest BCUT2D eigenvalue weighted by Crippen LogP contribution is -2.43. The molecule has 1 aliphatic rings. The fraction of sp³-hybridized carbons (Fsp3) is 0.407. The first kappa shape index (κ1) is 24.6. The van der Waals surface area contributed by atoms with Gasteiger partial charge in [-0.1, -0.05) is 37.3 Å². The molecule has 1 N–H and O–H groups in total. The molecule has 1 saturated heterocycles. The second-order valence-electron chi connectivity index (χ2n) is 8.65. The number of aryl methyl sites for hydroxylation is 1. The number of ether oxygens (including phenoxy) is 3. The molecule has 2 heterocycles. The van der Waals surface area contributed by atoms with Gasteiger partial charge in [0.15, 0.2) is 0 Å². The van der Waals surface area contributed by atoms with Gasteiger partial charge in [0.2, 0.25) is 5.88 Å². The molecule has 1 fully saturated rings. The normalized spacial score (nSPS) is 15.1. The SMILES string of the molecule is CCCNC(=O)N(Cc1c(-c2ccccc2)nn(C)c1Oc1ccc(OC)cc1)C[C@@H]1CCCO1. The molecule has 1 atom stereocenters. The molecule has 2 aromatic carbocycles. The van der Waals surface area contributed by atoms with Crippen LogP contribution in [0, 0.1) is 0 Å². The van der Waals surface area contributed by atoms with Crippen LogP contribution in [0.2, 0.25) is 0 Å². The van der Waals surface area contributed by atoms with Gasteiger partial charge < -0.3 is 24.4 Å². The molecular weight excluding hydrogens is 444 g/mol. The molecule has 35 heavy (non-hydrogen) atoms. The Hall–Kier alpha value is -3.52. The molecule has 2 amide bonds. The summed E-state index contributed by atoms with van der Waals surface area (Å²) in [6, 6.07) is 17.3. The van der Waals surface area contributed by atoms with Gasteiger partial charge in [0.25, 0.3) is 0 Å². The Morgan fingerprint density at radius 1 is 1.17 bits per heavy atom. The third-order valence-corrected chi connectivity index (χ3v) is 6.02. The Morgan fingerprint density at radius 3 is 2.57 bits per heavy atom. The van der Waals surface area contributed by atoms with Crippen molar-refractivity contribution in [2.24, 2.45) is 7.05 Å². The Kier molecular flexibility index (Phi) is 8.26. The number of carbonyl (C=O) groups is 1. The molecule has 0 saturated carbocycles. The lowest BCUT2D eigenvalue weighted by Gasteiger charge is -2.26. The van der Waals surface area contributed by atoms with Crippen molar-refractivity contribution >= 4 is 6.03 Å². The molecule has 0 radical (unpaired) electrons. The van der Waals surface area contributed by atoms with Crippen LogP contribution in [0.3, 0.4) is 0 Å². The summed E-state index contributed by atoms with van der Waals surface area (Å²) in [5.74, 6) is 2.01. The molecule has 3 aromatic rings. The van der Waals surface area contributed by atoms with Crippen molar-refractivity contribution in [1.82, 2.24) is 20.0 Å². The van der Waals surface area contributed by atoms with Crippen LogP contribution >= 0.6 is 0 Å². The molecule has 0 aliphatic carbocycles. The van der Waals surface area contributed by atoms with Gasteiger partial charge >= 0.3 is 6.03 Å². The van der Waals surface area contributed by atoms with Gasteiger partial charge in [-0.3, -0.25) is 0 Å². The highest BCUT2D eigenvalue weighted by atomic mass is 16.5. The second kappa shape index (κ2) is 11.8. The van der Waals surface area contributed by atoms with Crippen LogP contribution in [-0.2, 0) is 18.3 Å². The number of nitrogens with zero attached hydrogens (tertiary/aromatic N) is 3. The third-order valence-electron chi connectivity index (χ3n) is 6.02. The van der Waals surface area contributed by atoms with E-state index in [1.165, 1.54) is 0 Å². The van der Waals surface area contributed by atoms with Crippen molar-refractivity contribution in [1.29, 1.82) is 0 Å². The summed E-state index contributed by atoms with van der Waals surface area (Å²) < 4.78 is 19.2. The predicted octanol–water partition coefficient (Wildman–Crippen LogP) is 4.99. The first-order valence-electron chi connectivity index (χ1n) is 12.2. The Balaban J connectivity index is 1.70. The van der Waals surface area contributed by atoms with Gasteiger partial charge in [0, 0.05) is 32.3 Å². The van der Waals surface area contributed by atoms with E-state index in [4.69, 9.17) is 19.3 Å². The molecule has 0 bridgehead atoms. The van der Waals surface area contributed by atoms with Crippen LogP contribution in [-0.4, -0.2) is 53.6 Å². The lowest BCUT2D eigenvalue weighted by molar-refractivity contribution is 0.0793. The van der Waals surface area contributed by atoms with Crippen molar-refractivity contribution < 1.29 is 19.0 Å². The molecule has 0 spiro atoms. The fourth-order valence-corrected chi connectivity index (χ4v) is 4.19. The molecule has 4 rings (SSSR count). The second-order valence-corrected chi connectivity index (χ2v) is 8.65. The molecule has 8 heteroatoms. The monoisotopic (exact) mass is 478 g/mol. The Labute approximate surface area is 206 Å². The van der Waals surface area contributed by atoms with Gasteiger partial charge in [-0.25, -0.2) is 9.48 Å². The lowest BCUT2D eigenvalue weighted by atomic mass is 10.1. The van der Waals surface area contributed by atoms with Crippen molar-refractivity contribution in [2.45, 2.75) is 38.8 Å². The fourth-order valence-electron chi connectivity index (χ4n) is 4.19. The Morgan fingerprint density at radius 2 is 1.91 bits per heavy atom. The number of benzene rings is 2. The Bertz CT molecular complexity index is 1090. The number of hydrogen-bond acceptors (Lipinski definition) is 5. The topological polar surface area (TPSA) is 77.9 Å². The molecule has 1 aliphatic heterocycles. The third kappa shape index (κ3) is 6.14. The standard InChI is InChI=1S/C27H34N4O4/c1-4-16-28-27(32)31(18-23-11-8-17-34-23)19-24-25(20-9-6-5-7-10-20)29-30(2)26(24)35-22-14-12-21(33-3)13-15-22/h5-7,9-10,12-15,23H,4,8,11,16-19H2,1-3H3,(H,28,32)/t23-/m0/s1. The number of rotatable bonds is 10. The zero-order chi connectivity index (χ0) is 24.6. The van der Waals surface area contributed by atoms with E-state index in [0.29, 0.717) is 31.3 Å². The van der Waals surface area contributed by atoms with Gasteiger partial charge in [-0.2, -0.15) is 5.10 Å². The first-order valence-corrected chi connectivity index (χ1v) is 12.2. The van der Waals surface area contributed by atoms with E-state index in [2.05, 4.69) is 5.32 Å². The number of nitrogens with one attached hydrogen (secondary N) is 1. The summed E-state index contributed by atoms with van der Waals surface area (Å²) in [5.41, 5.74) is 2.60. The molecular formula is C27H34N4O4. The van der Waals surface area contributed by atoms with Crippen molar-refractivity contribution in [3.05, 3.63) is 60.2 Å². The average molecular weight is 479 g/mol. The van der Waals surface area contributed by atoms with Crippen LogP contribution in [0.1, 0.15) is 31.7 Å². The minimum absolute atomic E-state index is 0.0326. The van der Waals surface area contributed by atoms with E-state index in [9.17, 15) is 4.79 Å². The minimum Gasteiger partial charge on any atom is -0.497 e. The molecule has 8 nitrogen and oxygen atoms in total. The predicted molar refractivity (Wildman–Crippen MR) is 135 cm³/mol. The average Bonchev–Trinajstić information content (AvgIpc) is 3.51. The smallest absolute Gasteiger partial charge is 0.317 e. The van der Waals surface area contributed by atoms with Gasteiger partial charge in [0.1, 0.15) is 17.2 Å². The van der Waals surface area contributed by atoms with E-state index < -0.39 is 0 Å². The highest BCUT2D eigenvalue weighted by molar-refractivity contribution is 5.75. The summed E-state index contributed by atoms with van der Waals surface area (Å²) in [6.45, 7) is 4.26.